The van der Waals surface area contributed by atoms with E-state index in [9.17, 15) is 4.79 Å². The van der Waals surface area contributed by atoms with Crippen molar-refractivity contribution in [2.24, 2.45) is 7.05 Å². The van der Waals surface area contributed by atoms with Crippen LogP contribution in [-0.2, 0) is 7.05 Å². The lowest BCUT2D eigenvalue weighted by Crippen LogP contribution is -2.48. The Morgan fingerprint density at radius 2 is 1.89 bits per heavy atom. The highest BCUT2D eigenvalue weighted by molar-refractivity contribution is 5.97. The summed E-state index contributed by atoms with van der Waals surface area (Å²) in [6, 6.07) is 13.6. The predicted molar refractivity (Wildman–Crippen MR) is 104 cm³/mol. The minimum atomic E-state index is 0.0419. The first-order chi connectivity index (χ1) is 13.2. The number of carbonyl (C=O) groups excluding carboxylic acids is 1. The van der Waals surface area contributed by atoms with Gasteiger partial charge in [0, 0.05) is 38.8 Å². The molecule has 4 rings (SSSR count). The second kappa shape index (κ2) is 7.26. The molecular weight excluding hydrogens is 342 g/mol. The maximum Gasteiger partial charge on any atom is 0.254 e. The molecule has 0 saturated carbocycles. The summed E-state index contributed by atoms with van der Waals surface area (Å²) in [5, 5.41) is 8.10. The summed E-state index contributed by atoms with van der Waals surface area (Å²) in [7, 11) is 1.84. The number of aryl methyl sites for hydroxylation is 1. The van der Waals surface area contributed by atoms with Crippen LogP contribution in [0.1, 0.15) is 17.3 Å². The molecule has 0 spiro atoms. The van der Waals surface area contributed by atoms with E-state index in [1.54, 1.807) is 4.68 Å². The Morgan fingerprint density at radius 1 is 1.11 bits per heavy atom. The van der Waals surface area contributed by atoms with Crippen molar-refractivity contribution in [2.75, 3.05) is 37.7 Å². The third-order valence-corrected chi connectivity index (χ3v) is 4.93. The molecule has 3 aromatic rings. The number of hydrogen-bond donors (Lipinski definition) is 0. The maximum atomic E-state index is 12.9. The zero-order valence-electron chi connectivity index (χ0n) is 15.6. The average molecular weight is 365 g/mol. The molecule has 1 aromatic heterocycles. The van der Waals surface area contributed by atoms with E-state index in [1.807, 2.05) is 55.3 Å². The third-order valence-electron chi connectivity index (χ3n) is 4.93. The van der Waals surface area contributed by atoms with Gasteiger partial charge in [-0.2, -0.15) is 0 Å². The number of nitrogens with zero attached hydrogens (tertiary/aromatic N) is 5. The van der Waals surface area contributed by atoms with Crippen molar-refractivity contribution in [3.63, 3.8) is 0 Å². The van der Waals surface area contributed by atoms with Gasteiger partial charge in [0.25, 0.3) is 5.91 Å². The molecule has 1 aliphatic heterocycles. The largest absolute Gasteiger partial charge is 0.492 e. The van der Waals surface area contributed by atoms with Gasteiger partial charge in [-0.1, -0.05) is 17.3 Å². The highest BCUT2D eigenvalue weighted by atomic mass is 16.5. The summed E-state index contributed by atoms with van der Waals surface area (Å²) in [6.07, 6.45) is 0. The van der Waals surface area contributed by atoms with Crippen LogP contribution in [0, 0.1) is 0 Å². The molecule has 1 amide bonds. The van der Waals surface area contributed by atoms with E-state index in [0.29, 0.717) is 25.3 Å². The van der Waals surface area contributed by atoms with Gasteiger partial charge >= 0.3 is 0 Å². The van der Waals surface area contributed by atoms with E-state index in [2.05, 4.69) is 21.3 Å². The van der Waals surface area contributed by atoms with Gasteiger partial charge in [-0.05, 0) is 37.3 Å². The van der Waals surface area contributed by atoms with Crippen molar-refractivity contribution >= 4 is 22.6 Å². The van der Waals surface area contributed by atoms with Crippen LogP contribution in [0.3, 0.4) is 0 Å². The fourth-order valence-corrected chi connectivity index (χ4v) is 3.50. The summed E-state index contributed by atoms with van der Waals surface area (Å²) in [4.78, 5) is 17.1. The zero-order chi connectivity index (χ0) is 18.8. The Bertz CT molecular complexity index is 960. The molecule has 2 heterocycles. The molecule has 0 bridgehead atoms. The Labute approximate surface area is 158 Å². The molecule has 1 fully saturated rings. The molecular formula is C20H23N5O2. The zero-order valence-corrected chi connectivity index (χ0v) is 15.6. The maximum absolute atomic E-state index is 12.9. The lowest BCUT2D eigenvalue weighted by atomic mass is 10.1. The smallest absolute Gasteiger partial charge is 0.254 e. The van der Waals surface area contributed by atoms with E-state index in [0.717, 1.165) is 35.6 Å². The Balaban J connectivity index is 1.46. The van der Waals surface area contributed by atoms with Crippen molar-refractivity contribution in [3.05, 3.63) is 48.0 Å². The molecule has 27 heavy (non-hydrogen) atoms. The molecule has 140 valence electrons. The molecule has 0 atom stereocenters. The molecule has 0 aliphatic carbocycles. The van der Waals surface area contributed by atoms with Crippen molar-refractivity contribution in [1.29, 1.82) is 0 Å². The SMILES string of the molecule is CCOc1ccccc1N1CCN(C(=O)c2ccc3c(c2)nnn3C)CC1. The van der Waals surface area contributed by atoms with Crippen molar-refractivity contribution in [3.8, 4) is 5.75 Å². The van der Waals surface area contributed by atoms with Crippen LogP contribution in [0.4, 0.5) is 5.69 Å². The summed E-state index contributed by atoms with van der Waals surface area (Å²) in [5.74, 6) is 0.938. The van der Waals surface area contributed by atoms with Crippen molar-refractivity contribution < 1.29 is 9.53 Å². The molecule has 1 aliphatic rings. The van der Waals surface area contributed by atoms with E-state index in [-0.39, 0.29) is 5.91 Å². The minimum Gasteiger partial charge on any atom is -0.492 e. The summed E-state index contributed by atoms with van der Waals surface area (Å²) in [5.41, 5.74) is 3.41. The number of anilines is 1. The lowest BCUT2D eigenvalue weighted by molar-refractivity contribution is 0.0747. The van der Waals surface area contributed by atoms with Crippen molar-refractivity contribution in [1.82, 2.24) is 19.9 Å². The Morgan fingerprint density at radius 3 is 2.67 bits per heavy atom. The fraction of sp³-hybridized carbons (Fsp3) is 0.350. The Hall–Kier alpha value is -3.09. The van der Waals surface area contributed by atoms with Gasteiger partial charge in [0.05, 0.1) is 17.8 Å². The Kier molecular flexibility index (Phi) is 4.66. The molecule has 0 N–H and O–H groups in total. The summed E-state index contributed by atoms with van der Waals surface area (Å²) in [6.45, 7) is 5.55. The van der Waals surface area contributed by atoms with Crippen LogP contribution in [0.25, 0.3) is 11.0 Å². The topological polar surface area (TPSA) is 63.5 Å². The standard InChI is InChI=1S/C20H23N5O2/c1-3-27-19-7-5-4-6-18(19)24-10-12-25(13-11-24)20(26)15-8-9-17-16(14-15)21-22-23(17)2/h4-9,14H,3,10-13H2,1-2H3. The second-order valence-electron chi connectivity index (χ2n) is 6.60. The third kappa shape index (κ3) is 3.32. The molecule has 1 saturated heterocycles. The summed E-state index contributed by atoms with van der Waals surface area (Å²) < 4.78 is 7.45. The number of aromatic nitrogens is 3. The van der Waals surface area contributed by atoms with Crippen molar-refractivity contribution in [2.45, 2.75) is 6.92 Å². The van der Waals surface area contributed by atoms with E-state index < -0.39 is 0 Å². The number of benzene rings is 2. The lowest BCUT2D eigenvalue weighted by Gasteiger charge is -2.36. The predicted octanol–water partition coefficient (Wildman–Crippen LogP) is 2.33. The normalized spacial score (nSPS) is 14.6. The molecule has 0 radical (unpaired) electrons. The van der Waals surface area contributed by atoms with Crippen LogP contribution in [-0.4, -0.2) is 58.6 Å². The molecule has 7 nitrogen and oxygen atoms in total. The van der Waals surface area contributed by atoms with E-state index >= 15 is 0 Å². The van der Waals surface area contributed by atoms with Gasteiger partial charge < -0.3 is 14.5 Å². The van der Waals surface area contributed by atoms with Gasteiger partial charge in [-0.25, -0.2) is 4.68 Å². The summed E-state index contributed by atoms with van der Waals surface area (Å²) >= 11 is 0. The number of amides is 1. The van der Waals surface area contributed by atoms with Gasteiger partial charge in [-0.15, -0.1) is 5.10 Å². The number of ether oxygens (including phenoxy) is 1. The first-order valence-corrected chi connectivity index (χ1v) is 9.23. The highest BCUT2D eigenvalue weighted by Gasteiger charge is 2.24. The van der Waals surface area contributed by atoms with Crippen LogP contribution in [0.2, 0.25) is 0 Å². The number of para-hydroxylation sites is 2. The monoisotopic (exact) mass is 365 g/mol. The van der Waals surface area contributed by atoms with Crippen LogP contribution in [0.5, 0.6) is 5.75 Å². The fourth-order valence-electron chi connectivity index (χ4n) is 3.50. The minimum absolute atomic E-state index is 0.0419. The second-order valence-corrected chi connectivity index (χ2v) is 6.60. The quantitative estimate of drug-likeness (QED) is 0.710. The van der Waals surface area contributed by atoms with Gasteiger partial charge in [-0.3, -0.25) is 4.79 Å². The number of piperazine rings is 1. The van der Waals surface area contributed by atoms with Gasteiger partial charge in [0.2, 0.25) is 0 Å². The molecule has 0 unspecified atom stereocenters. The van der Waals surface area contributed by atoms with Crippen LogP contribution < -0.4 is 9.64 Å². The average Bonchev–Trinajstić information content (AvgIpc) is 3.08. The number of fused-ring (bicyclic) bond motifs is 1. The van der Waals surface area contributed by atoms with Crippen LogP contribution >= 0.6 is 0 Å². The van der Waals surface area contributed by atoms with Crippen LogP contribution in [0.15, 0.2) is 42.5 Å². The first-order valence-electron chi connectivity index (χ1n) is 9.23. The highest BCUT2D eigenvalue weighted by Crippen LogP contribution is 2.29. The van der Waals surface area contributed by atoms with E-state index in [4.69, 9.17) is 4.74 Å². The van der Waals surface area contributed by atoms with Gasteiger partial charge in [0.15, 0.2) is 0 Å². The first kappa shape index (κ1) is 17.3. The van der Waals surface area contributed by atoms with Gasteiger partial charge in [0.1, 0.15) is 11.3 Å². The number of carbonyl (C=O) groups is 1. The molecule has 7 heteroatoms. The van der Waals surface area contributed by atoms with E-state index in [1.165, 1.54) is 0 Å². The number of rotatable bonds is 4. The molecule has 2 aromatic carbocycles. The number of hydrogen-bond acceptors (Lipinski definition) is 5.